The minimum atomic E-state index is -0.229. The van der Waals surface area contributed by atoms with E-state index in [1.165, 1.54) is 28.1 Å². The first-order valence-corrected chi connectivity index (χ1v) is 10.2. The monoisotopic (exact) mass is 382 g/mol. The summed E-state index contributed by atoms with van der Waals surface area (Å²) in [4.78, 5) is 20.2. The lowest BCUT2D eigenvalue weighted by Gasteiger charge is -2.12. The van der Waals surface area contributed by atoms with Gasteiger partial charge in [-0.05, 0) is 22.8 Å². The topological polar surface area (TPSA) is 64.2 Å². The van der Waals surface area contributed by atoms with Crippen LogP contribution in [0.15, 0.2) is 52.4 Å². The molecule has 2 heterocycles. The molecule has 1 aliphatic rings. The molecule has 1 N–H and O–H groups in total. The summed E-state index contributed by atoms with van der Waals surface area (Å²) in [5.41, 5.74) is 2.71. The van der Waals surface area contributed by atoms with Crippen molar-refractivity contribution in [2.45, 2.75) is 31.2 Å². The Bertz CT molecular complexity index is 991. The molecule has 4 rings (SSSR count). The van der Waals surface area contributed by atoms with Crippen molar-refractivity contribution >= 4 is 22.5 Å². The molecule has 6 heteroatoms. The van der Waals surface area contributed by atoms with E-state index in [9.17, 15) is 4.79 Å². The van der Waals surface area contributed by atoms with E-state index in [1.54, 1.807) is 0 Å². The molecule has 0 amide bonds. The van der Waals surface area contributed by atoms with Crippen molar-refractivity contribution in [2.75, 3.05) is 19.0 Å². The van der Waals surface area contributed by atoms with Gasteiger partial charge < -0.3 is 14.5 Å². The molecule has 1 aromatic heterocycles. The van der Waals surface area contributed by atoms with E-state index in [2.05, 4.69) is 35.3 Å². The van der Waals surface area contributed by atoms with E-state index in [0.29, 0.717) is 37.0 Å². The number of nitrogens with zero attached hydrogens (tertiary/aromatic N) is 1. The van der Waals surface area contributed by atoms with Crippen LogP contribution < -0.4 is 5.56 Å². The van der Waals surface area contributed by atoms with Crippen molar-refractivity contribution in [2.24, 2.45) is 0 Å². The maximum Gasteiger partial charge on any atom is 0.254 e. The Labute approximate surface area is 162 Å². The molecule has 140 valence electrons. The van der Waals surface area contributed by atoms with Crippen molar-refractivity contribution < 1.29 is 9.47 Å². The molecule has 0 bridgehead atoms. The van der Waals surface area contributed by atoms with Crippen LogP contribution in [0.4, 0.5) is 0 Å². The molecule has 0 spiro atoms. The van der Waals surface area contributed by atoms with Gasteiger partial charge in [0.1, 0.15) is 0 Å². The number of H-pyrrole nitrogens is 1. The number of nitrogens with one attached hydrogen (secondary N) is 1. The lowest BCUT2D eigenvalue weighted by molar-refractivity contribution is -0.0215. The van der Waals surface area contributed by atoms with Gasteiger partial charge in [0, 0.05) is 12.0 Å². The summed E-state index contributed by atoms with van der Waals surface area (Å²) in [6.45, 7) is 3.23. The summed E-state index contributed by atoms with van der Waals surface area (Å²) in [6.07, 6.45) is 1.06. The molecule has 1 aliphatic heterocycles. The van der Waals surface area contributed by atoms with Gasteiger partial charge in [-0.3, -0.25) is 4.79 Å². The molecule has 0 atom stereocenters. The Morgan fingerprint density at radius 1 is 1.15 bits per heavy atom. The van der Waals surface area contributed by atoms with Crippen LogP contribution >= 0.6 is 11.8 Å². The molecule has 0 aliphatic carbocycles. The molecule has 0 radical (unpaired) electrons. The van der Waals surface area contributed by atoms with Gasteiger partial charge in [0.15, 0.2) is 11.4 Å². The fourth-order valence-electron chi connectivity index (χ4n) is 3.38. The molecule has 3 aromatic rings. The Morgan fingerprint density at radius 3 is 2.74 bits per heavy atom. The maximum atomic E-state index is 12.6. The molecule has 0 unspecified atom stereocenters. The number of thioether (sulfide) groups is 1. The van der Waals surface area contributed by atoms with Crippen LogP contribution in [0.25, 0.3) is 10.8 Å². The van der Waals surface area contributed by atoms with Gasteiger partial charge in [-0.15, -0.1) is 0 Å². The average Bonchev–Trinajstić information content (AvgIpc) is 3.20. The quantitative estimate of drug-likeness (QED) is 0.522. The summed E-state index contributed by atoms with van der Waals surface area (Å²) >= 11 is 1.46. The highest BCUT2D eigenvalue weighted by Crippen LogP contribution is 2.23. The van der Waals surface area contributed by atoms with Crippen LogP contribution in [0.5, 0.6) is 0 Å². The first-order chi connectivity index (χ1) is 13.2. The van der Waals surface area contributed by atoms with Crippen molar-refractivity contribution in [3.8, 4) is 0 Å². The summed E-state index contributed by atoms with van der Waals surface area (Å²) in [6, 6.07) is 14.6. The molecular weight excluding hydrogens is 360 g/mol. The van der Waals surface area contributed by atoms with Gasteiger partial charge in [0.2, 0.25) is 0 Å². The van der Waals surface area contributed by atoms with E-state index in [4.69, 9.17) is 14.5 Å². The van der Waals surface area contributed by atoms with Crippen LogP contribution in [0.1, 0.15) is 23.7 Å². The van der Waals surface area contributed by atoms with E-state index >= 15 is 0 Å². The smallest absolute Gasteiger partial charge is 0.254 e. The highest BCUT2D eigenvalue weighted by molar-refractivity contribution is 7.99. The molecule has 1 saturated heterocycles. The van der Waals surface area contributed by atoms with Crippen molar-refractivity contribution in [1.29, 1.82) is 0 Å². The van der Waals surface area contributed by atoms with Crippen LogP contribution in [0, 0.1) is 0 Å². The van der Waals surface area contributed by atoms with Gasteiger partial charge in [0.25, 0.3) is 5.56 Å². The fraction of sp³-hybridized carbons (Fsp3) is 0.333. The largest absolute Gasteiger partial charge is 0.349 e. The second-order valence-corrected chi connectivity index (χ2v) is 7.46. The Kier molecular flexibility index (Phi) is 5.57. The molecule has 0 saturated carbocycles. The number of ether oxygens (including phenoxy) is 2. The van der Waals surface area contributed by atoms with Crippen molar-refractivity contribution in [3.05, 3.63) is 69.6 Å². The fourth-order valence-corrected chi connectivity index (χ4v) is 4.20. The second kappa shape index (κ2) is 8.25. The molecule has 1 fully saturated rings. The third-order valence-electron chi connectivity index (χ3n) is 4.72. The van der Waals surface area contributed by atoms with E-state index in [0.717, 1.165) is 11.3 Å². The van der Waals surface area contributed by atoms with E-state index < -0.39 is 0 Å². The summed E-state index contributed by atoms with van der Waals surface area (Å²) in [5.74, 6) is 0.613. The Balaban J connectivity index is 1.64. The number of aromatic amines is 1. The Hall–Kier alpha value is -2.15. The van der Waals surface area contributed by atoms with E-state index in [1.807, 2.05) is 19.1 Å². The van der Waals surface area contributed by atoms with Gasteiger partial charge in [-0.2, -0.15) is 0 Å². The number of hydrogen-bond donors (Lipinski definition) is 1. The van der Waals surface area contributed by atoms with Gasteiger partial charge in [-0.25, -0.2) is 4.98 Å². The van der Waals surface area contributed by atoms with Crippen LogP contribution in [-0.2, 0) is 22.3 Å². The van der Waals surface area contributed by atoms with Crippen molar-refractivity contribution in [3.63, 3.8) is 0 Å². The lowest BCUT2D eigenvalue weighted by Crippen LogP contribution is -2.19. The number of fused-ring (bicyclic) bond motifs is 1. The maximum absolute atomic E-state index is 12.6. The molecule has 2 aromatic carbocycles. The van der Waals surface area contributed by atoms with Gasteiger partial charge in [-0.1, -0.05) is 61.2 Å². The normalized spacial score (nSPS) is 14.9. The number of aromatic nitrogens is 2. The third kappa shape index (κ3) is 4.08. The van der Waals surface area contributed by atoms with E-state index in [-0.39, 0.29) is 11.8 Å². The summed E-state index contributed by atoms with van der Waals surface area (Å²) < 4.78 is 10.9. The first-order valence-electron chi connectivity index (χ1n) is 9.19. The lowest BCUT2D eigenvalue weighted by atomic mass is 9.99. The predicted octanol–water partition coefficient (Wildman–Crippen LogP) is 3.54. The van der Waals surface area contributed by atoms with Crippen LogP contribution in [-0.4, -0.2) is 35.2 Å². The van der Waals surface area contributed by atoms with Crippen LogP contribution in [0.2, 0.25) is 0 Å². The summed E-state index contributed by atoms with van der Waals surface area (Å²) in [7, 11) is 0. The predicted molar refractivity (Wildman–Crippen MR) is 107 cm³/mol. The van der Waals surface area contributed by atoms with Crippen molar-refractivity contribution in [1.82, 2.24) is 9.97 Å². The number of hydrogen-bond acceptors (Lipinski definition) is 5. The second-order valence-electron chi connectivity index (χ2n) is 6.45. The van der Waals surface area contributed by atoms with Gasteiger partial charge >= 0.3 is 0 Å². The SMILES string of the molecule is CCc1c(Cc2cccc3ccccc23)nc(SCC2OCCO2)[nH]c1=O. The minimum absolute atomic E-state index is 0.0569. The highest BCUT2D eigenvalue weighted by atomic mass is 32.2. The molecular formula is C21H22N2O3S. The molecule has 27 heavy (non-hydrogen) atoms. The summed E-state index contributed by atoms with van der Waals surface area (Å²) in [5, 5.41) is 3.01. The number of rotatable bonds is 6. The average molecular weight is 382 g/mol. The van der Waals surface area contributed by atoms with Crippen LogP contribution in [0.3, 0.4) is 0 Å². The zero-order chi connectivity index (χ0) is 18.6. The number of benzene rings is 2. The third-order valence-corrected chi connectivity index (χ3v) is 5.62. The Morgan fingerprint density at radius 2 is 1.93 bits per heavy atom. The molecule has 5 nitrogen and oxygen atoms in total. The zero-order valence-corrected chi connectivity index (χ0v) is 16.1. The standard InChI is InChI=1S/C21H22N2O3S/c1-2-16-18(12-15-8-5-7-14-6-3-4-9-17(14)15)22-21(23-20(16)24)27-13-19-25-10-11-26-19/h3-9,19H,2,10-13H2,1H3,(H,22,23,24). The zero-order valence-electron chi connectivity index (χ0n) is 15.2. The first kappa shape index (κ1) is 18.2. The highest BCUT2D eigenvalue weighted by Gasteiger charge is 2.18. The minimum Gasteiger partial charge on any atom is -0.349 e. The van der Waals surface area contributed by atoms with Gasteiger partial charge in [0.05, 0.1) is 24.7 Å².